The molecule has 0 aliphatic rings. The van der Waals surface area contributed by atoms with Gasteiger partial charge in [0.2, 0.25) is 5.91 Å². The first-order chi connectivity index (χ1) is 8.95. The smallest absolute Gasteiger partial charge is 0.236 e. The number of amides is 1. The van der Waals surface area contributed by atoms with Crippen molar-refractivity contribution in [3.63, 3.8) is 0 Å². The number of benzene rings is 1. The molecule has 0 spiro atoms. The molecule has 0 saturated heterocycles. The van der Waals surface area contributed by atoms with Gasteiger partial charge in [0.05, 0.1) is 18.2 Å². The van der Waals surface area contributed by atoms with E-state index in [0.717, 1.165) is 5.56 Å². The van der Waals surface area contributed by atoms with Crippen LogP contribution < -0.4 is 5.32 Å². The summed E-state index contributed by atoms with van der Waals surface area (Å²) in [5.41, 5.74) is 1.71. The molecule has 4 nitrogen and oxygen atoms in total. The number of nitriles is 1. The molecule has 0 fully saturated rings. The Morgan fingerprint density at radius 3 is 2.37 bits per heavy atom. The molecular weight excluding hydrogens is 238 g/mol. The fraction of sp³-hybridized carbons (Fsp3) is 0.467. The highest BCUT2D eigenvalue weighted by Gasteiger charge is 2.13. The maximum atomic E-state index is 11.8. The van der Waals surface area contributed by atoms with Gasteiger partial charge in [0.15, 0.2) is 0 Å². The molecule has 19 heavy (non-hydrogen) atoms. The minimum atomic E-state index is 0.0792. The van der Waals surface area contributed by atoms with Crippen molar-refractivity contribution in [2.24, 2.45) is 0 Å². The Kier molecular flexibility index (Phi) is 5.53. The summed E-state index contributed by atoms with van der Waals surface area (Å²) in [4.78, 5) is 13.6. The second-order valence-electron chi connectivity index (χ2n) is 4.93. The Bertz CT molecular complexity index is 459. The summed E-state index contributed by atoms with van der Waals surface area (Å²) in [5, 5.41) is 11.9. The number of hydrogen-bond donors (Lipinski definition) is 1. The fourth-order valence-corrected chi connectivity index (χ4v) is 1.62. The van der Waals surface area contributed by atoms with Crippen molar-refractivity contribution in [2.45, 2.75) is 32.9 Å². The van der Waals surface area contributed by atoms with E-state index in [4.69, 9.17) is 5.26 Å². The molecule has 1 unspecified atom stereocenters. The van der Waals surface area contributed by atoms with Crippen LogP contribution in [0.3, 0.4) is 0 Å². The molecule has 4 heteroatoms. The first kappa shape index (κ1) is 15.2. The van der Waals surface area contributed by atoms with Gasteiger partial charge in [-0.2, -0.15) is 5.26 Å². The lowest BCUT2D eigenvalue weighted by Gasteiger charge is -2.23. The molecule has 1 N–H and O–H groups in total. The van der Waals surface area contributed by atoms with Crippen molar-refractivity contribution in [1.29, 1.82) is 5.26 Å². The van der Waals surface area contributed by atoms with Gasteiger partial charge in [-0.1, -0.05) is 12.1 Å². The van der Waals surface area contributed by atoms with Crippen LogP contribution >= 0.6 is 0 Å². The monoisotopic (exact) mass is 259 g/mol. The molecule has 0 aliphatic carbocycles. The van der Waals surface area contributed by atoms with Crippen LogP contribution in [0.4, 0.5) is 0 Å². The van der Waals surface area contributed by atoms with E-state index in [-0.39, 0.29) is 18.0 Å². The molecule has 102 valence electrons. The third-order valence-corrected chi connectivity index (χ3v) is 3.27. The van der Waals surface area contributed by atoms with Crippen molar-refractivity contribution < 1.29 is 4.79 Å². The van der Waals surface area contributed by atoms with Crippen LogP contribution in [0.25, 0.3) is 0 Å². The van der Waals surface area contributed by atoms with E-state index < -0.39 is 0 Å². The number of likely N-dealkylation sites (N-methyl/N-ethyl adjacent to an activating group) is 1. The topological polar surface area (TPSA) is 56.1 Å². The number of nitrogens with zero attached hydrogens (tertiary/aromatic N) is 2. The van der Waals surface area contributed by atoms with E-state index in [0.29, 0.717) is 12.1 Å². The molecule has 0 radical (unpaired) electrons. The maximum Gasteiger partial charge on any atom is 0.236 e. The van der Waals surface area contributed by atoms with Gasteiger partial charge < -0.3 is 10.2 Å². The molecule has 1 amide bonds. The highest BCUT2D eigenvalue weighted by Crippen LogP contribution is 2.12. The van der Waals surface area contributed by atoms with Crippen LogP contribution in [-0.4, -0.2) is 30.4 Å². The van der Waals surface area contributed by atoms with Gasteiger partial charge in [0.25, 0.3) is 0 Å². The Hall–Kier alpha value is -1.86. The molecule has 0 saturated carbocycles. The normalized spacial score (nSPS) is 12.0. The maximum absolute atomic E-state index is 11.8. The molecule has 1 atom stereocenters. The SMILES string of the molecule is CC(NCC(=O)N(C)C(C)C)c1ccc(C#N)cc1. The third-order valence-electron chi connectivity index (χ3n) is 3.27. The Balaban J connectivity index is 2.53. The summed E-state index contributed by atoms with van der Waals surface area (Å²) in [5.74, 6) is 0.0792. The summed E-state index contributed by atoms with van der Waals surface area (Å²) < 4.78 is 0. The highest BCUT2D eigenvalue weighted by molar-refractivity contribution is 5.78. The zero-order chi connectivity index (χ0) is 14.4. The van der Waals surface area contributed by atoms with Crippen LogP contribution in [0.1, 0.15) is 37.9 Å². The van der Waals surface area contributed by atoms with Crippen molar-refractivity contribution in [3.8, 4) is 6.07 Å². The third kappa shape index (κ3) is 4.38. The van der Waals surface area contributed by atoms with Crippen molar-refractivity contribution >= 4 is 5.91 Å². The van der Waals surface area contributed by atoms with E-state index in [1.807, 2.05) is 32.9 Å². The molecule has 1 aromatic carbocycles. The quantitative estimate of drug-likeness (QED) is 0.880. The minimum absolute atomic E-state index is 0.0792. The number of rotatable bonds is 5. The lowest BCUT2D eigenvalue weighted by atomic mass is 10.1. The minimum Gasteiger partial charge on any atom is -0.342 e. The summed E-state index contributed by atoms with van der Waals surface area (Å²) in [7, 11) is 1.81. The summed E-state index contributed by atoms with van der Waals surface area (Å²) in [6, 6.07) is 9.77. The van der Waals surface area contributed by atoms with Gasteiger partial charge in [0.1, 0.15) is 0 Å². The molecular formula is C15H21N3O. The molecule has 1 rings (SSSR count). The molecule has 0 heterocycles. The second-order valence-corrected chi connectivity index (χ2v) is 4.93. The average Bonchev–Trinajstić information content (AvgIpc) is 2.43. The number of nitrogens with one attached hydrogen (secondary N) is 1. The molecule has 0 aromatic heterocycles. The van der Waals surface area contributed by atoms with Crippen molar-refractivity contribution in [3.05, 3.63) is 35.4 Å². The van der Waals surface area contributed by atoms with E-state index in [1.165, 1.54) is 0 Å². The molecule has 1 aromatic rings. The first-order valence-corrected chi connectivity index (χ1v) is 6.44. The van der Waals surface area contributed by atoms with E-state index in [9.17, 15) is 4.79 Å². The number of carbonyl (C=O) groups excluding carboxylic acids is 1. The van der Waals surface area contributed by atoms with Crippen molar-refractivity contribution in [1.82, 2.24) is 10.2 Å². The number of hydrogen-bond acceptors (Lipinski definition) is 3. The zero-order valence-corrected chi connectivity index (χ0v) is 12.0. The molecule has 0 aliphatic heterocycles. The van der Waals surface area contributed by atoms with Gasteiger partial charge in [-0.15, -0.1) is 0 Å². The first-order valence-electron chi connectivity index (χ1n) is 6.44. The largest absolute Gasteiger partial charge is 0.342 e. The summed E-state index contributed by atoms with van der Waals surface area (Å²) in [6.07, 6.45) is 0. The second kappa shape index (κ2) is 6.91. The van der Waals surface area contributed by atoms with Gasteiger partial charge in [-0.25, -0.2) is 0 Å². The Labute approximate surface area is 115 Å². The van der Waals surface area contributed by atoms with Gasteiger partial charge in [0, 0.05) is 19.1 Å². The average molecular weight is 259 g/mol. The standard InChI is InChI=1S/C15H21N3O/c1-11(2)18(4)15(19)10-17-12(3)14-7-5-13(9-16)6-8-14/h5-8,11-12,17H,10H2,1-4H3. The van der Waals surface area contributed by atoms with E-state index >= 15 is 0 Å². The zero-order valence-electron chi connectivity index (χ0n) is 12.0. The lowest BCUT2D eigenvalue weighted by Crippen LogP contribution is -2.40. The van der Waals surface area contributed by atoms with Crippen LogP contribution in [0.2, 0.25) is 0 Å². The van der Waals surface area contributed by atoms with Crippen LogP contribution in [0, 0.1) is 11.3 Å². The van der Waals surface area contributed by atoms with Crippen LogP contribution in [0.15, 0.2) is 24.3 Å². The fourth-order valence-electron chi connectivity index (χ4n) is 1.62. The van der Waals surface area contributed by atoms with Crippen LogP contribution in [0.5, 0.6) is 0 Å². The predicted octanol–water partition coefficient (Wildman–Crippen LogP) is 2.08. The lowest BCUT2D eigenvalue weighted by molar-refractivity contribution is -0.130. The van der Waals surface area contributed by atoms with E-state index in [1.54, 1.807) is 24.1 Å². The highest BCUT2D eigenvalue weighted by atomic mass is 16.2. The van der Waals surface area contributed by atoms with Gasteiger partial charge in [-0.05, 0) is 38.5 Å². The van der Waals surface area contributed by atoms with E-state index in [2.05, 4.69) is 11.4 Å². The summed E-state index contributed by atoms with van der Waals surface area (Å²) in [6.45, 7) is 6.30. The Morgan fingerprint density at radius 2 is 1.89 bits per heavy atom. The van der Waals surface area contributed by atoms with Crippen molar-refractivity contribution in [2.75, 3.05) is 13.6 Å². The van der Waals surface area contributed by atoms with Crippen LogP contribution in [-0.2, 0) is 4.79 Å². The predicted molar refractivity (Wildman–Crippen MR) is 75.5 cm³/mol. The Morgan fingerprint density at radius 1 is 1.32 bits per heavy atom. The number of carbonyl (C=O) groups is 1. The molecule has 0 bridgehead atoms. The van der Waals surface area contributed by atoms with Gasteiger partial charge >= 0.3 is 0 Å². The summed E-state index contributed by atoms with van der Waals surface area (Å²) >= 11 is 0. The van der Waals surface area contributed by atoms with Gasteiger partial charge in [-0.3, -0.25) is 4.79 Å².